The van der Waals surface area contributed by atoms with Crippen LogP contribution in [-0.2, 0) is 16.1 Å². The number of carbonyl (C=O) groups is 1. The first kappa shape index (κ1) is 15.7. The molecule has 3 nitrogen and oxygen atoms in total. The van der Waals surface area contributed by atoms with E-state index in [0.717, 1.165) is 5.56 Å². The zero-order valence-corrected chi connectivity index (χ0v) is 13.2. The highest BCUT2D eigenvalue weighted by atomic mass is 32.1. The van der Waals surface area contributed by atoms with Crippen molar-refractivity contribution >= 4 is 17.3 Å². The summed E-state index contributed by atoms with van der Waals surface area (Å²) in [5.41, 5.74) is 2.27. The van der Waals surface area contributed by atoms with E-state index in [1.807, 2.05) is 37.3 Å². The summed E-state index contributed by atoms with van der Waals surface area (Å²) < 4.78 is 5.34. The molecule has 4 heteroatoms. The van der Waals surface area contributed by atoms with Crippen molar-refractivity contribution in [3.8, 4) is 0 Å². The molecule has 0 saturated carbocycles. The van der Waals surface area contributed by atoms with Gasteiger partial charge in [0.25, 0.3) is 0 Å². The minimum atomic E-state index is -0.163. The Balaban J connectivity index is 1.72. The van der Waals surface area contributed by atoms with Crippen molar-refractivity contribution in [2.45, 2.75) is 26.5 Å². The molecule has 0 amide bonds. The maximum Gasteiger partial charge on any atom is 0.310 e. The second-order valence-corrected chi connectivity index (χ2v) is 5.96. The number of hydrogen-bond acceptors (Lipinski definition) is 4. The van der Waals surface area contributed by atoms with Crippen LogP contribution in [-0.4, -0.2) is 12.5 Å². The van der Waals surface area contributed by atoms with E-state index in [4.69, 9.17) is 4.74 Å². The molecule has 112 valence electrons. The lowest BCUT2D eigenvalue weighted by Crippen LogP contribution is -2.29. The van der Waals surface area contributed by atoms with Gasteiger partial charge in [0.1, 0.15) is 6.61 Å². The third kappa shape index (κ3) is 4.99. The molecule has 2 unspecified atom stereocenters. The molecule has 2 aromatic rings. The topological polar surface area (TPSA) is 38.3 Å². The van der Waals surface area contributed by atoms with Gasteiger partial charge in [0.15, 0.2) is 0 Å². The monoisotopic (exact) mass is 303 g/mol. The Morgan fingerprint density at radius 2 is 2.00 bits per heavy atom. The summed E-state index contributed by atoms with van der Waals surface area (Å²) in [6, 6.07) is 12.1. The van der Waals surface area contributed by atoms with Crippen LogP contribution in [0, 0.1) is 5.92 Å². The molecule has 0 fully saturated rings. The van der Waals surface area contributed by atoms with Gasteiger partial charge < -0.3 is 10.1 Å². The normalized spacial score (nSPS) is 13.6. The molecule has 0 radical (unpaired) electrons. The third-order valence-corrected chi connectivity index (χ3v) is 4.10. The Kier molecular flexibility index (Phi) is 5.96. The van der Waals surface area contributed by atoms with Crippen LogP contribution in [0.1, 0.15) is 31.0 Å². The highest BCUT2D eigenvalue weighted by molar-refractivity contribution is 7.07. The van der Waals surface area contributed by atoms with Gasteiger partial charge in [-0.2, -0.15) is 11.3 Å². The molecule has 0 aliphatic heterocycles. The Bertz CT molecular complexity index is 539. The van der Waals surface area contributed by atoms with Crippen molar-refractivity contribution in [1.82, 2.24) is 5.32 Å². The molecule has 0 aliphatic carbocycles. The number of thiophene rings is 1. The molecule has 2 atom stereocenters. The second-order valence-electron chi connectivity index (χ2n) is 5.18. The van der Waals surface area contributed by atoms with E-state index < -0.39 is 0 Å². The number of hydrogen-bond donors (Lipinski definition) is 1. The average Bonchev–Trinajstić information content (AvgIpc) is 3.05. The zero-order valence-electron chi connectivity index (χ0n) is 12.4. The Hall–Kier alpha value is -1.65. The van der Waals surface area contributed by atoms with E-state index in [0.29, 0.717) is 13.2 Å². The highest BCUT2D eigenvalue weighted by Crippen LogP contribution is 2.16. The fourth-order valence-electron chi connectivity index (χ4n) is 1.95. The number of esters is 1. The van der Waals surface area contributed by atoms with E-state index in [9.17, 15) is 4.79 Å². The van der Waals surface area contributed by atoms with Gasteiger partial charge in [0.05, 0.1) is 5.92 Å². The summed E-state index contributed by atoms with van der Waals surface area (Å²) in [6.45, 7) is 4.94. The zero-order chi connectivity index (χ0) is 15.1. The fourth-order valence-corrected chi connectivity index (χ4v) is 2.70. The lowest BCUT2D eigenvalue weighted by Gasteiger charge is -2.16. The smallest absolute Gasteiger partial charge is 0.310 e. The summed E-state index contributed by atoms with van der Waals surface area (Å²) in [5, 5.41) is 7.55. The molecule has 0 bridgehead atoms. The van der Waals surface area contributed by atoms with Gasteiger partial charge in [-0.1, -0.05) is 37.3 Å². The first-order chi connectivity index (χ1) is 10.2. The highest BCUT2D eigenvalue weighted by Gasteiger charge is 2.16. The van der Waals surface area contributed by atoms with Crippen LogP contribution in [0.25, 0.3) is 0 Å². The SMILES string of the molecule is CC(CNC(C)c1ccsc1)C(=O)OCc1ccccc1. The van der Waals surface area contributed by atoms with Gasteiger partial charge >= 0.3 is 5.97 Å². The minimum Gasteiger partial charge on any atom is -0.461 e. The maximum absolute atomic E-state index is 12.0. The van der Waals surface area contributed by atoms with Crippen molar-refractivity contribution in [2.75, 3.05) is 6.54 Å². The average molecular weight is 303 g/mol. The first-order valence-corrected chi connectivity index (χ1v) is 8.07. The Morgan fingerprint density at radius 3 is 2.67 bits per heavy atom. The molecule has 0 aliphatic rings. The second kappa shape index (κ2) is 7.96. The van der Waals surface area contributed by atoms with E-state index in [1.165, 1.54) is 5.56 Å². The van der Waals surface area contributed by atoms with Crippen LogP contribution in [0.3, 0.4) is 0 Å². The van der Waals surface area contributed by atoms with Gasteiger partial charge in [-0.25, -0.2) is 0 Å². The van der Waals surface area contributed by atoms with Crippen molar-refractivity contribution in [1.29, 1.82) is 0 Å². The molecule has 21 heavy (non-hydrogen) atoms. The van der Waals surface area contributed by atoms with Crippen LogP contribution in [0.15, 0.2) is 47.2 Å². The van der Waals surface area contributed by atoms with Gasteiger partial charge in [-0.05, 0) is 34.9 Å². The van der Waals surface area contributed by atoms with Gasteiger partial charge in [-0.3, -0.25) is 4.79 Å². The van der Waals surface area contributed by atoms with Crippen LogP contribution in [0.4, 0.5) is 0 Å². The molecular weight excluding hydrogens is 282 g/mol. The quantitative estimate of drug-likeness (QED) is 0.791. The van der Waals surface area contributed by atoms with Crippen LogP contribution < -0.4 is 5.32 Å². The van der Waals surface area contributed by atoms with E-state index in [-0.39, 0.29) is 17.9 Å². The molecular formula is C17H21NO2S. The van der Waals surface area contributed by atoms with E-state index in [1.54, 1.807) is 11.3 Å². The van der Waals surface area contributed by atoms with Crippen molar-refractivity contribution in [3.63, 3.8) is 0 Å². The van der Waals surface area contributed by atoms with Gasteiger partial charge in [-0.15, -0.1) is 0 Å². The number of carbonyl (C=O) groups excluding carboxylic acids is 1. The van der Waals surface area contributed by atoms with Crippen molar-refractivity contribution < 1.29 is 9.53 Å². The summed E-state index contributed by atoms with van der Waals surface area (Å²) in [4.78, 5) is 12.0. The lowest BCUT2D eigenvalue weighted by molar-refractivity contribution is -0.149. The van der Waals surface area contributed by atoms with Crippen LogP contribution in [0.2, 0.25) is 0 Å². The number of rotatable bonds is 7. The van der Waals surface area contributed by atoms with Crippen molar-refractivity contribution in [3.05, 3.63) is 58.3 Å². The molecule has 1 heterocycles. The largest absolute Gasteiger partial charge is 0.461 e. The predicted octanol–water partition coefficient (Wildman–Crippen LogP) is 3.78. The molecule has 0 saturated heterocycles. The summed E-state index contributed by atoms with van der Waals surface area (Å²) in [7, 11) is 0. The lowest BCUT2D eigenvalue weighted by atomic mass is 10.1. The van der Waals surface area contributed by atoms with E-state index >= 15 is 0 Å². The summed E-state index contributed by atoms with van der Waals surface area (Å²) >= 11 is 1.68. The Labute approximate surface area is 130 Å². The fraction of sp³-hybridized carbons (Fsp3) is 0.353. The predicted molar refractivity (Wildman–Crippen MR) is 86.1 cm³/mol. The van der Waals surface area contributed by atoms with Gasteiger partial charge in [0.2, 0.25) is 0 Å². The minimum absolute atomic E-state index is 0.158. The molecule has 1 aromatic heterocycles. The number of nitrogens with one attached hydrogen (secondary N) is 1. The van der Waals surface area contributed by atoms with Crippen LogP contribution in [0.5, 0.6) is 0 Å². The van der Waals surface area contributed by atoms with Crippen molar-refractivity contribution in [2.24, 2.45) is 5.92 Å². The third-order valence-electron chi connectivity index (χ3n) is 3.40. The Morgan fingerprint density at radius 1 is 1.24 bits per heavy atom. The number of benzene rings is 1. The molecule has 2 rings (SSSR count). The molecule has 1 N–H and O–H groups in total. The standard InChI is InChI=1S/C17H21NO2S/c1-13(10-18-14(2)16-8-9-21-12-16)17(19)20-11-15-6-4-3-5-7-15/h3-9,12-14,18H,10-11H2,1-2H3. The van der Waals surface area contributed by atoms with Crippen LogP contribution >= 0.6 is 11.3 Å². The molecule has 1 aromatic carbocycles. The first-order valence-electron chi connectivity index (χ1n) is 7.13. The maximum atomic E-state index is 12.0. The summed E-state index contributed by atoms with van der Waals surface area (Å²) in [6.07, 6.45) is 0. The molecule has 0 spiro atoms. The van der Waals surface area contributed by atoms with E-state index in [2.05, 4.69) is 29.1 Å². The number of ether oxygens (including phenoxy) is 1. The van der Waals surface area contributed by atoms with Gasteiger partial charge in [0, 0.05) is 12.6 Å². The summed E-state index contributed by atoms with van der Waals surface area (Å²) in [5.74, 6) is -0.321.